The molecule has 1 saturated carbocycles. The summed E-state index contributed by atoms with van der Waals surface area (Å²) in [6.07, 6.45) is 11.6. The minimum absolute atomic E-state index is 0.504. The first-order chi connectivity index (χ1) is 9.20. The third-order valence-corrected chi connectivity index (χ3v) is 4.36. The summed E-state index contributed by atoms with van der Waals surface area (Å²) in [7, 11) is 0. The second kappa shape index (κ2) is 7.14. The van der Waals surface area contributed by atoms with Crippen molar-refractivity contribution in [1.82, 2.24) is 9.88 Å². The van der Waals surface area contributed by atoms with E-state index in [9.17, 15) is 0 Å². The van der Waals surface area contributed by atoms with Gasteiger partial charge in [-0.25, -0.2) is 0 Å². The molecule has 0 aliphatic heterocycles. The standard InChI is InChI=1S/C17H30N2/c1-4-10-18-17(14(2)3)16-9-11-19(13-16)12-15-7-5-6-8-15/h9,11,13-15,17-18H,4-8,10,12H2,1-3H3. The molecular formula is C17H30N2. The predicted molar refractivity (Wildman–Crippen MR) is 82.3 cm³/mol. The van der Waals surface area contributed by atoms with E-state index in [0.29, 0.717) is 12.0 Å². The maximum Gasteiger partial charge on any atom is 0.0358 e. The van der Waals surface area contributed by atoms with E-state index >= 15 is 0 Å². The van der Waals surface area contributed by atoms with Crippen molar-refractivity contribution in [2.75, 3.05) is 6.54 Å². The molecule has 1 aliphatic carbocycles. The van der Waals surface area contributed by atoms with Crippen LogP contribution < -0.4 is 5.32 Å². The molecule has 0 saturated heterocycles. The van der Waals surface area contributed by atoms with Crippen LogP contribution in [-0.2, 0) is 6.54 Å². The number of aromatic nitrogens is 1. The summed E-state index contributed by atoms with van der Waals surface area (Å²) in [4.78, 5) is 0. The van der Waals surface area contributed by atoms with E-state index < -0.39 is 0 Å². The first-order valence-electron chi connectivity index (χ1n) is 8.09. The highest BCUT2D eigenvalue weighted by Crippen LogP contribution is 2.27. The van der Waals surface area contributed by atoms with Crippen molar-refractivity contribution in [2.45, 2.75) is 65.5 Å². The molecule has 1 aromatic heterocycles. The second-order valence-corrected chi connectivity index (χ2v) is 6.47. The van der Waals surface area contributed by atoms with Crippen LogP contribution in [0.15, 0.2) is 18.5 Å². The predicted octanol–water partition coefficient (Wildman–Crippen LogP) is 4.38. The molecule has 0 aromatic carbocycles. The van der Waals surface area contributed by atoms with Gasteiger partial charge in [0.2, 0.25) is 0 Å². The van der Waals surface area contributed by atoms with E-state index in [1.807, 2.05) is 0 Å². The molecule has 0 amide bonds. The summed E-state index contributed by atoms with van der Waals surface area (Å²) in [6.45, 7) is 9.17. The van der Waals surface area contributed by atoms with Crippen LogP contribution in [-0.4, -0.2) is 11.1 Å². The molecule has 1 fully saturated rings. The topological polar surface area (TPSA) is 17.0 Å². The van der Waals surface area contributed by atoms with Crippen molar-refractivity contribution in [1.29, 1.82) is 0 Å². The highest BCUT2D eigenvalue weighted by atomic mass is 15.0. The van der Waals surface area contributed by atoms with Crippen LogP contribution in [0, 0.1) is 11.8 Å². The van der Waals surface area contributed by atoms with Crippen LogP contribution in [0.3, 0.4) is 0 Å². The fraction of sp³-hybridized carbons (Fsp3) is 0.765. The lowest BCUT2D eigenvalue weighted by atomic mass is 9.98. The highest BCUT2D eigenvalue weighted by molar-refractivity contribution is 5.16. The Labute approximate surface area is 118 Å². The van der Waals surface area contributed by atoms with Gasteiger partial charge in [-0.3, -0.25) is 0 Å². The van der Waals surface area contributed by atoms with Crippen molar-refractivity contribution >= 4 is 0 Å². The zero-order valence-corrected chi connectivity index (χ0v) is 12.9. The minimum atomic E-state index is 0.504. The Morgan fingerprint density at radius 1 is 1.32 bits per heavy atom. The lowest BCUT2D eigenvalue weighted by molar-refractivity contribution is 0.410. The maximum absolute atomic E-state index is 3.68. The summed E-state index contributed by atoms with van der Waals surface area (Å²) in [5.74, 6) is 1.57. The third-order valence-electron chi connectivity index (χ3n) is 4.36. The summed E-state index contributed by atoms with van der Waals surface area (Å²) in [6, 6.07) is 2.81. The van der Waals surface area contributed by atoms with Gasteiger partial charge in [-0.2, -0.15) is 0 Å². The summed E-state index contributed by atoms with van der Waals surface area (Å²) < 4.78 is 2.41. The summed E-state index contributed by atoms with van der Waals surface area (Å²) in [5.41, 5.74) is 1.46. The maximum atomic E-state index is 3.68. The van der Waals surface area contributed by atoms with Gasteiger partial charge >= 0.3 is 0 Å². The zero-order chi connectivity index (χ0) is 13.7. The van der Waals surface area contributed by atoms with Gasteiger partial charge in [0.15, 0.2) is 0 Å². The molecule has 1 N–H and O–H groups in total. The van der Waals surface area contributed by atoms with Crippen LogP contribution in [0.4, 0.5) is 0 Å². The van der Waals surface area contributed by atoms with Gasteiger partial charge in [0.05, 0.1) is 0 Å². The lowest BCUT2D eigenvalue weighted by Gasteiger charge is -2.21. The Morgan fingerprint density at radius 2 is 2.05 bits per heavy atom. The average molecular weight is 262 g/mol. The molecule has 2 rings (SSSR count). The molecule has 0 spiro atoms. The van der Waals surface area contributed by atoms with Crippen LogP contribution in [0.1, 0.15) is 64.5 Å². The summed E-state index contributed by atoms with van der Waals surface area (Å²) >= 11 is 0. The molecule has 0 radical (unpaired) electrons. The molecule has 19 heavy (non-hydrogen) atoms. The largest absolute Gasteiger partial charge is 0.354 e. The van der Waals surface area contributed by atoms with Crippen molar-refractivity contribution < 1.29 is 0 Å². The van der Waals surface area contributed by atoms with Crippen molar-refractivity contribution in [3.8, 4) is 0 Å². The van der Waals surface area contributed by atoms with Crippen molar-refractivity contribution in [2.24, 2.45) is 11.8 Å². The Morgan fingerprint density at radius 3 is 2.68 bits per heavy atom. The minimum Gasteiger partial charge on any atom is -0.354 e. The van der Waals surface area contributed by atoms with E-state index in [0.717, 1.165) is 12.5 Å². The number of nitrogens with zero attached hydrogens (tertiary/aromatic N) is 1. The number of rotatable bonds is 7. The monoisotopic (exact) mass is 262 g/mol. The zero-order valence-electron chi connectivity index (χ0n) is 12.9. The molecule has 1 unspecified atom stereocenters. The Kier molecular flexibility index (Phi) is 5.50. The molecule has 2 heteroatoms. The van der Waals surface area contributed by atoms with Gasteiger partial charge in [0.1, 0.15) is 0 Å². The average Bonchev–Trinajstić information content (AvgIpc) is 3.02. The van der Waals surface area contributed by atoms with E-state index in [-0.39, 0.29) is 0 Å². The first kappa shape index (κ1) is 14.6. The molecule has 1 heterocycles. The lowest BCUT2D eigenvalue weighted by Crippen LogP contribution is -2.26. The highest BCUT2D eigenvalue weighted by Gasteiger charge is 2.18. The van der Waals surface area contributed by atoms with E-state index in [1.165, 1.54) is 44.2 Å². The number of hydrogen-bond donors (Lipinski definition) is 1. The van der Waals surface area contributed by atoms with Gasteiger partial charge in [-0.1, -0.05) is 33.6 Å². The van der Waals surface area contributed by atoms with E-state index in [2.05, 4.69) is 49.1 Å². The Hall–Kier alpha value is -0.760. The fourth-order valence-corrected chi connectivity index (χ4v) is 3.29. The number of hydrogen-bond acceptors (Lipinski definition) is 1. The van der Waals surface area contributed by atoms with E-state index in [4.69, 9.17) is 0 Å². The molecule has 1 atom stereocenters. The molecule has 1 aromatic rings. The quantitative estimate of drug-likeness (QED) is 0.772. The normalized spacial score (nSPS) is 18.3. The van der Waals surface area contributed by atoms with Crippen LogP contribution in [0.5, 0.6) is 0 Å². The van der Waals surface area contributed by atoms with Crippen molar-refractivity contribution in [3.05, 3.63) is 24.0 Å². The molecule has 0 bridgehead atoms. The van der Waals surface area contributed by atoms with Gasteiger partial charge < -0.3 is 9.88 Å². The molecule has 1 aliphatic rings. The molecule has 2 nitrogen and oxygen atoms in total. The van der Waals surface area contributed by atoms with Crippen LogP contribution in [0.25, 0.3) is 0 Å². The van der Waals surface area contributed by atoms with Crippen molar-refractivity contribution in [3.63, 3.8) is 0 Å². The van der Waals surface area contributed by atoms with Gasteiger partial charge in [0, 0.05) is 25.0 Å². The Bertz CT molecular complexity index is 361. The smallest absolute Gasteiger partial charge is 0.0358 e. The van der Waals surface area contributed by atoms with Crippen LogP contribution in [0.2, 0.25) is 0 Å². The Balaban J connectivity index is 1.96. The van der Waals surface area contributed by atoms with Gasteiger partial charge in [-0.05, 0) is 49.3 Å². The third kappa shape index (κ3) is 4.10. The van der Waals surface area contributed by atoms with Gasteiger partial charge in [-0.15, -0.1) is 0 Å². The van der Waals surface area contributed by atoms with Crippen LogP contribution >= 0.6 is 0 Å². The molecule has 108 valence electrons. The fourth-order valence-electron chi connectivity index (χ4n) is 3.29. The molecular weight excluding hydrogens is 232 g/mol. The SMILES string of the molecule is CCCNC(c1ccn(CC2CCCC2)c1)C(C)C. The van der Waals surface area contributed by atoms with Gasteiger partial charge in [0.25, 0.3) is 0 Å². The summed E-state index contributed by atoms with van der Waals surface area (Å²) in [5, 5.41) is 3.68. The first-order valence-corrected chi connectivity index (χ1v) is 8.09. The van der Waals surface area contributed by atoms with E-state index in [1.54, 1.807) is 0 Å². The second-order valence-electron chi connectivity index (χ2n) is 6.47. The number of nitrogens with one attached hydrogen (secondary N) is 1.